The second-order valence-corrected chi connectivity index (χ2v) is 8.05. The largest absolute Gasteiger partial charge is 0.496 e. The molecule has 2 aromatic carbocycles. The fourth-order valence-electron chi connectivity index (χ4n) is 3.05. The lowest BCUT2D eigenvalue weighted by Gasteiger charge is -2.12. The average Bonchev–Trinajstić information content (AvgIpc) is 3.25. The van der Waals surface area contributed by atoms with Gasteiger partial charge < -0.3 is 9.47 Å². The lowest BCUT2D eigenvalue weighted by atomic mass is 10.1. The Labute approximate surface area is 184 Å². The highest BCUT2D eigenvalue weighted by molar-refractivity contribution is 7.14. The van der Waals surface area contributed by atoms with Crippen LogP contribution in [0.2, 0.25) is 0 Å². The second-order valence-electron chi connectivity index (χ2n) is 6.88. The van der Waals surface area contributed by atoms with E-state index >= 15 is 0 Å². The van der Waals surface area contributed by atoms with Crippen molar-refractivity contribution in [3.05, 3.63) is 91.2 Å². The van der Waals surface area contributed by atoms with Crippen molar-refractivity contribution >= 4 is 28.9 Å². The molecular weight excluding hydrogens is 414 g/mol. The molecule has 7 heteroatoms. The van der Waals surface area contributed by atoms with Gasteiger partial charge in [-0.05, 0) is 61.4 Å². The van der Waals surface area contributed by atoms with Gasteiger partial charge in [0.25, 0.3) is 5.69 Å². The van der Waals surface area contributed by atoms with Crippen LogP contribution in [0.3, 0.4) is 0 Å². The van der Waals surface area contributed by atoms with Crippen LogP contribution in [0.25, 0.3) is 6.08 Å². The molecule has 160 valence electrons. The topological polar surface area (TPSA) is 78.7 Å². The molecule has 0 spiro atoms. The second kappa shape index (κ2) is 10.0. The van der Waals surface area contributed by atoms with Gasteiger partial charge in [-0.25, -0.2) is 0 Å². The number of ketones is 1. The molecule has 3 aromatic rings. The van der Waals surface area contributed by atoms with Crippen molar-refractivity contribution in [2.24, 2.45) is 0 Å². The summed E-state index contributed by atoms with van der Waals surface area (Å²) >= 11 is 1.51. The zero-order valence-corrected chi connectivity index (χ0v) is 18.4. The van der Waals surface area contributed by atoms with E-state index in [1.807, 2.05) is 30.3 Å². The van der Waals surface area contributed by atoms with Gasteiger partial charge in [0.05, 0.1) is 16.9 Å². The molecule has 3 rings (SSSR count). The first-order valence-electron chi connectivity index (χ1n) is 9.77. The number of methoxy groups -OCH3 is 1. The molecule has 1 aromatic heterocycles. The third-order valence-electron chi connectivity index (χ3n) is 4.74. The molecule has 0 aliphatic carbocycles. The van der Waals surface area contributed by atoms with Crippen LogP contribution < -0.4 is 9.47 Å². The lowest BCUT2D eigenvalue weighted by molar-refractivity contribution is -0.385. The maximum absolute atomic E-state index is 12.4. The van der Waals surface area contributed by atoms with E-state index in [2.05, 4.69) is 6.92 Å². The van der Waals surface area contributed by atoms with E-state index < -0.39 is 4.92 Å². The first-order chi connectivity index (χ1) is 14.9. The molecular formula is C24H23NO5S. The summed E-state index contributed by atoms with van der Waals surface area (Å²) in [5.41, 5.74) is 2.24. The van der Waals surface area contributed by atoms with Gasteiger partial charge in [0.1, 0.15) is 18.1 Å². The van der Waals surface area contributed by atoms with E-state index in [0.29, 0.717) is 17.1 Å². The van der Waals surface area contributed by atoms with Crippen LogP contribution in [-0.2, 0) is 13.0 Å². The summed E-state index contributed by atoms with van der Waals surface area (Å²) in [5.74, 6) is 1.17. The van der Waals surface area contributed by atoms with Crippen LogP contribution in [0.5, 0.6) is 11.5 Å². The van der Waals surface area contributed by atoms with Crippen LogP contribution in [-0.4, -0.2) is 17.8 Å². The first-order valence-corrected chi connectivity index (χ1v) is 10.6. The summed E-state index contributed by atoms with van der Waals surface area (Å²) < 4.78 is 11.2. The molecule has 0 saturated carbocycles. The SMILES string of the molecule is CCc1ccc(C(=O)/C=C/c2ccc(OC)c(COc3ccc([N+](=O)[O-])c(C)c3)c2)s1. The number of thiophene rings is 1. The maximum atomic E-state index is 12.4. The van der Waals surface area contributed by atoms with Crippen molar-refractivity contribution in [2.45, 2.75) is 26.9 Å². The Hall–Kier alpha value is -3.45. The van der Waals surface area contributed by atoms with Crippen LogP contribution in [0.4, 0.5) is 5.69 Å². The number of hydrogen-bond acceptors (Lipinski definition) is 6. The maximum Gasteiger partial charge on any atom is 0.272 e. The van der Waals surface area contributed by atoms with Gasteiger partial charge in [0.15, 0.2) is 5.78 Å². The summed E-state index contributed by atoms with van der Waals surface area (Å²) in [6, 6.07) is 14.1. The molecule has 0 aliphatic heterocycles. The Bertz CT molecular complexity index is 1130. The van der Waals surface area contributed by atoms with Crippen LogP contribution in [0, 0.1) is 17.0 Å². The van der Waals surface area contributed by atoms with E-state index in [1.54, 1.807) is 38.3 Å². The standard InChI is InChI=1S/C24H23NO5S/c1-4-20-8-12-24(31-20)22(26)10-5-17-6-11-23(29-3)18(14-17)15-30-19-7-9-21(25(27)28)16(2)13-19/h5-14H,4,15H2,1-3H3/b10-5+. The molecule has 0 fully saturated rings. The summed E-state index contributed by atoms with van der Waals surface area (Å²) in [6.07, 6.45) is 4.25. The Morgan fingerprint density at radius 2 is 1.97 bits per heavy atom. The van der Waals surface area contributed by atoms with Crippen molar-refractivity contribution in [1.82, 2.24) is 0 Å². The summed E-state index contributed by atoms with van der Waals surface area (Å²) in [7, 11) is 1.58. The highest BCUT2D eigenvalue weighted by atomic mass is 32.1. The van der Waals surface area contributed by atoms with Crippen molar-refractivity contribution in [2.75, 3.05) is 7.11 Å². The zero-order valence-electron chi connectivity index (χ0n) is 17.6. The molecule has 0 atom stereocenters. The first kappa shape index (κ1) is 22.2. The Kier molecular flexibility index (Phi) is 7.20. The van der Waals surface area contributed by atoms with Gasteiger partial charge >= 0.3 is 0 Å². The number of hydrogen-bond donors (Lipinski definition) is 0. The van der Waals surface area contributed by atoms with Crippen molar-refractivity contribution in [3.8, 4) is 11.5 Å². The molecule has 1 heterocycles. The molecule has 0 amide bonds. The third kappa shape index (κ3) is 5.58. The molecule has 0 N–H and O–H groups in total. The molecule has 0 saturated heterocycles. The molecule has 0 radical (unpaired) electrons. The van der Waals surface area contributed by atoms with Crippen molar-refractivity contribution < 1.29 is 19.2 Å². The van der Waals surface area contributed by atoms with E-state index in [0.717, 1.165) is 22.4 Å². The number of benzene rings is 2. The zero-order chi connectivity index (χ0) is 22.4. The molecule has 6 nitrogen and oxygen atoms in total. The van der Waals surface area contributed by atoms with Gasteiger partial charge in [0.2, 0.25) is 0 Å². The Morgan fingerprint density at radius 1 is 1.16 bits per heavy atom. The Morgan fingerprint density at radius 3 is 2.61 bits per heavy atom. The van der Waals surface area contributed by atoms with Crippen molar-refractivity contribution in [1.29, 1.82) is 0 Å². The number of carbonyl (C=O) groups excluding carboxylic acids is 1. The predicted octanol–water partition coefficient (Wildman–Crippen LogP) is 6.01. The fraction of sp³-hybridized carbons (Fsp3) is 0.208. The van der Waals surface area contributed by atoms with Crippen LogP contribution >= 0.6 is 11.3 Å². The molecule has 31 heavy (non-hydrogen) atoms. The quantitative estimate of drug-likeness (QED) is 0.177. The van der Waals surface area contributed by atoms with Gasteiger partial charge in [-0.3, -0.25) is 14.9 Å². The van der Waals surface area contributed by atoms with E-state index in [-0.39, 0.29) is 18.1 Å². The minimum absolute atomic E-state index is 0.0281. The van der Waals surface area contributed by atoms with Gasteiger partial charge in [0, 0.05) is 22.1 Å². The number of rotatable bonds is 9. The van der Waals surface area contributed by atoms with Gasteiger partial charge in [-0.2, -0.15) is 0 Å². The fourth-order valence-corrected chi connectivity index (χ4v) is 3.92. The third-order valence-corrected chi connectivity index (χ3v) is 5.99. The molecule has 0 aliphatic rings. The van der Waals surface area contributed by atoms with Crippen molar-refractivity contribution in [3.63, 3.8) is 0 Å². The number of nitro benzene ring substituents is 1. The number of aryl methyl sites for hydroxylation is 2. The number of nitro groups is 1. The molecule has 0 unspecified atom stereocenters. The number of allylic oxidation sites excluding steroid dienone is 1. The van der Waals surface area contributed by atoms with Gasteiger partial charge in [-0.15, -0.1) is 11.3 Å². The highest BCUT2D eigenvalue weighted by Gasteiger charge is 2.12. The normalized spacial score (nSPS) is 10.9. The van der Waals surface area contributed by atoms with Crippen LogP contribution in [0.15, 0.2) is 54.6 Å². The minimum atomic E-state index is -0.418. The monoisotopic (exact) mass is 437 g/mol. The average molecular weight is 438 g/mol. The van der Waals surface area contributed by atoms with Gasteiger partial charge in [-0.1, -0.05) is 19.1 Å². The smallest absolute Gasteiger partial charge is 0.272 e. The minimum Gasteiger partial charge on any atom is -0.496 e. The summed E-state index contributed by atoms with van der Waals surface area (Å²) in [4.78, 5) is 24.9. The summed E-state index contributed by atoms with van der Waals surface area (Å²) in [6.45, 7) is 3.96. The number of carbonyl (C=O) groups is 1. The van der Waals surface area contributed by atoms with Crippen LogP contribution in [0.1, 0.15) is 38.2 Å². The highest BCUT2D eigenvalue weighted by Crippen LogP contribution is 2.26. The Balaban J connectivity index is 1.73. The number of ether oxygens (including phenoxy) is 2. The number of nitrogens with zero attached hydrogens (tertiary/aromatic N) is 1. The summed E-state index contributed by atoms with van der Waals surface area (Å²) in [5, 5.41) is 11.0. The van der Waals surface area contributed by atoms with E-state index in [4.69, 9.17) is 9.47 Å². The molecule has 0 bridgehead atoms. The van der Waals surface area contributed by atoms with E-state index in [9.17, 15) is 14.9 Å². The predicted molar refractivity (Wildman–Crippen MR) is 122 cm³/mol. The van der Waals surface area contributed by atoms with E-state index in [1.165, 1.54) is 22.3 Å². The lowest BCUT2D eigenvalue weighted by Crippen LogP contribution is -2.00.